The van der Waals surface area contributed by atoms with E-state index in [9.17, 15) is 0 Å². The van der Waals surface area contributed by atoms with Gasteiger partial charge in [-0.05, 0) is 24.3 Å². The summed E-state index contributed by atoms with van der Waals surface area (Å²) in [5, 5.41) is 3.27. The molecule has 1 aromatic heterocycles. The minimum Gasteiger partial charge on any atom is -0.383 e. The third-order valence-electron chi connectivity index (χ3n) is 2.75. The summed E-state index contributed by atoms with van der Waals surface area (Å²) in [6.45, 7) is 2.31. The molecule has 0 aliphatic carbocycles. The molecule has 0 saturated carbocycles. The van der Waals surface area contributed by atoms with E-state index in [1.54, 1.807) is 18.9 Å². The van der Waals surface area contributed by atoms with E-state index in [0.717, 1.165) is 34.7 Å². The van der Waals surface area contributed by atoms with Crippen LogP contribution in [0.25, 0.3) is 0 Å². The quantitative estimate of drug-likeness (QED) is 0.573. The molecule has 0 fully saturated rings. The van der Waals surface area contributed by atoms with E-state index in [-0.39, 0.29) is 0 Å². The monoisotopic (exact) mass is 367 g/mol. The number of hydrogen-bond acceptors (Lipinski definition) is 5. The van der Waals surface area contributed by atoms with Crippen LogP contribution in [0.15, 0.2) is 46.0 Å². The average Bonchev–Trinajstić information content (AvgIpc) is 2.52. The zero-order valence-electron chi connectivity index (χ0n) is 11.9. The fourth-order valence-corrected chi connectivity index (χ4v) is 2.67. The second-order valence-electron chi connectivity index (χ2n) is 4.42. The summed E-state index contributed by atoms with van der Waals surface area (Å²) in [4.78, 5) is 10.0. The zero-order chi connectivity index (χ0) is 14.9. The highest BCUT2D eigenvalue weighted by atomic mass is 79.9. The number of thioether (sulfide) groups is 1. The molecule has 112 valence electrons. The van der Waals surface area contributed by atoms with E-state index >= 15 is 0 Å². The number of hydrogen-bond donors (Lipinski definition) is 1. The molecule has 2 rings (SSSR count). The first kappa shape index (κ1) is 16.4. The highest BCUT2D eigenvalue weighted by Gasteiger charge is 2.00. The fourth-order valence-electron chi connectivity index (χ4n) is 1.63. The minimum absolute atomic E-state index is 0.711. The van der Waals surface area contributed by atoms with Gasteiger partial charge in [-0.1, -0.05) is 15.9 Å². The largest absolute Gasteiger partial charge is 0.383 e. The number of aromatic nitrogens is 2. The summed E-state index contributed by atoms with van der Waals surface area (Å²) in [7, 11) is 1.70. The lowest BCUT2D eigenvalue weighted by Gasteiger charge is -2.05. The van der Waals surface area contributed by atoms with Gasteiger partial charge in [0.1, 0.15) is 5.82 Å². The van der Waals surface area contributed by atoms with Crippen LogP contribution in [-0.2, 0) is 17.0 Å². The van der Waals surface area contributed by atoms with Crippen LogP contribution < -0.4 is 5.32 Å². The van der Waals surface area contributed by atoms with Gasteiger partial charge in [0.25, 0.3) is 0 Å². The molecule has 0 aliphatic heterocycles. The lowest BCUT2D eigenvalue weighted by molar-refractivity contribution is 0.199. The molecule has 0 spiro atoms. The van der Waals surface area contributed by atoms with Crippen LogP contribution in [0.4, 0.5) is 0 Å². The van der Waals surface area contributed by atoms with Crippen LogP contribution in [0.1, 0.15) is 11.4 Å². The highest BCUT2D eigenvalue weighted by molar-refractivity contribution is 9.10. The summed E-state index contributed by atoms with van der Waals surface area (Å²) >= 11 is 5.17. The first-order chi connectivity index (χ1) is 10.3. The van der Waals surface area contributed by atoms with Gasteiger partial charge < -0.3 is 10.1 Å². The molecule has 0 aliphatic rings. The molecular formula is C15H18BrN3OS. The highest BCUT2D eigenvalue weighted by Crippen LogP contribution is 2.23. The number of nitrogens with zero attached hydrogens (tertiary/aromatic N) is 2. The van der Waals surface area contributed by atoms with Gasteiger partial charge in [-0.15, -0.1) is 11.8 Å². The number of halogens is 1. The normalized spacial score (nSPS) is 10.8. The van der Waals surface area contributed by atoms with Crippen LogP contribution in [0.3, 0.4) is 0 Å². The van der Waals surface area contributed by atoms with Crippen molar-refractivity contribution in [2.45, 2.75) is 17.2 Å². The van der Waals surface area contributed by atoms with Crippen molar-refractivity contribution < 1.29 is 4.74 Å². The molecule has 0 unspecified atom stereocenters. The van der Waals surface area contributed by atoms with Crippen molar-refractivity contribution >= 4 is 27.7 Å². The van der Waals surface area contributed by atoms with Crippen LogP contribution in [0, 0.1) is 0 Å². The number of benzene rings is 1. The Balaban J connectivity index is 1.78. The van der Waals surface area contributed by atoms with Gasteiger partial charge in [-0.25, -0.2) is 9.97 Å². The summed E-state index contributed by atoms with van der Waals surface area (Å²) in [5.41, 5.74) is 1.09. The zero-order valence-corrected chi connectivity index (χ0v) is 14.3. The SMILES string of the molecule is COCCNCc1cnc(CSc2ccc(Br)cc2)nc1. The van der Waals surface area contributed by atoms with Crippen LogP contribution in [0.5, 0.6) is 0 Å². The molecule has 0 bridgehead atoms. The average molecular weight is 368 g/mol. The van der Waals surface area contributed by atoms with E-state index in [1.165, 1.54) is 4.90 Å². The lowest BCUT2D eigenvalue weighted by Crippen LogP contribution is -2.18. The van der Waals surface area contributed by atoms with Gasteiger partial charge in [-0.2, -0.15) is 0 Å². The molecule has 0 saturated heterocycles. The van der Waals surface area contributed by atoms with E-state index in [0.29, 0.717) is 6.61 Å². The van der Waals surface area contributed by atoms with Crippen molar-refractivity contribution in [1.82, 2.24) is 15.3 Å². The third-order valence-corrected chi connectivity index (χ3v) is 4.29. The smallest absolute Gasteiger partial charge is 0.138 e. The first-order valence-electron chi connectivity index (χ1n) is 6.66. The number of rotatable bonds is 8. The molecular weight excluding hydrogens is 350 g/mol. The van der Waals surface area contributed by atoms with Crippen LogP contribution in [0.2, 0.25) is 0 Å². The maximum Gasteiger partial charge on any atom is 0.138 e. The van der Waals surface area contributed by atoms with Crippen molar-refractivity contribution in [2.75, 3.05) is 20.3 Å². The molecule has 4 nitrogen and oxygen atoms in total. The summed E-state index contributed by atoms with van der Waals surface area (Å²) in [6.07, 6.45) is 3.76. The Morgan fingerprint density at radius 2 is 1.90 bits per heavy atom. The third kappa shape index (κ3) is 6.13. The predicted octanol–water partition coefficient (Wildman–Crippen LogP) is 3.27. The van der Waals surface area contributed by atoms with Crippen LogP contribution >= 0.6 is 27.7 Å². The van der Waals surface area contributed by atoms with E-state index in [2.05, 4.69) is 43.3 Å². The first-order valence-corrected chi connectivity index (χ1v) is 8.43. The molecule has 0 atom stereocenters. The topological polar surface area (TPSA) is 47.0 Å². The number of nitrogens with one attached hydrogen (secondary N) is 1. The summed E-state index contributed by atoms with van der Waals surface area (Å²) in [6, 6.07) is 8.25. The molecule has 1 N–H and O–H groups in total. The minimum atomic E-state index is 0.711. The standard InChI is InChI=1S/C15H18BrN3OS/c1-20-7-6-17-8-12-9-18-15(19-10-12)11-21-14-4-2-13(16)3-5-14/h2-5,9-10,17H,6-8,11H2,1H3. The van der Waals surface area contributed by atoms with Gasteiger partial charge in [-0.3, -0.25) is 0 Å². The Kier molecular flexibility index (Phi) is 7.15. The molecule has 1 aromatic carbocycles. The fraction of sp³-hybridized carbons (Fsp3) is 0.333. The van der Waals surface area contributed by atoms with E-state index in [1.807, 2.05) is 24.5 Å². The Bertz CT molecular complexity index is 534. The van der Waals surface area contributed by atoms with Gasteiger partial charge in [0, 0.05) is 47.5 Å². The van der Waals surface area contributed by atoms with Crippen molar-refractivity contribution in [3.8, 4) is 0 Å². The van der Waals surface area contributed by atoms with Crippen molar-refractivity contribution in [2.24, 2.45) is 0 Å². The van der Waals surface area contributed by atoms with Crippen molar-refractivity contribution in [3.63, 3.8) is 0 Å². The van der Waals surface area contributed by atoms with Crippen LogP contribution in [-0.4, -0.2) is 30.2 Å². The van der Waals surface area contributed by atoms with Crippen molar-refractivity contribution in [1.29, 1.82) is 0 Å². The molecule has 21 heavy (non-hydrogen) atoms. The maximum absolute atomic E-state index is 4.98. The Morgan fingerprint density at radius 1 is 1.19 bits per heavy atom. The number of ether oxygens (including phenoxy) is 1. The van der Waals surface area contributed by atoms with E-state index in [4.69, 9.17) is 4.74 Å². The second-order valence-corrected chi connectivity index (χ2v) is 6.38. The van der Waals surface area contributed by atoms with Gasteiger partial charge in [0.15, 0.2) is 0 Å². The molecule has 0 amide bonds. The molecule has 0 radical (unpaired) electrons. The maximum atomic E-state index is 4.98. The second kappa shape index (κ2) is 9.15. The Hall–Kier alpha value is -0.950. The molecule has 6 heteroatoms. The molecule has 1 heterocycles. The van der Waals surface area contributed by atoms with E-state index < -0.39 is 0 Å². The Labute approximate surface area is 137 Å². The van der Waals surface area contributed by atoms with Crippen molar-refractivity contribution in [3.05, 3.63) is 52.5 Å². The summed E-state index contributed by atoms with van der Waals surface area (Å²) in [5.74, 6) is 1.63. The number of methoxy groups -OCH3 is 1. The molecule has 2 aromatic rings. The Morgan fingerprint density at radius 3 is 2.57 bits per heavy atom. The summed E-state index contributed by atoms with van der Waals surface area (Å²) < 4.78 is 6.07. The van der Waals surface area contributed by atoms with Gasteiger partial charge >= 0.3 is 0 Å². The lowest BCUT2D eigenvalue weighted by atomic mass is 10.3. The van der Waals surface area contributed by atoms with Gasteiger partial charge in [0.2, 0.25) is 0 Å². The van der Waals surface area contributed by atoms with Gasteiger partial charge in [0.05, 0.1) is 12.4 Å². The predicted molar refractivity (Wildman–Crippen MR) is 89.3 cm³/mol.